The van der Waals surface area contributed by atoms with Gasteiger partial charge in [0.2, 0.25) is 0 Å². The summed E-state index contributed by atoms with van der Waals surface area (Å²) in [6.45, 7) is 5.67. The van der Waals surface area contributed by atoms with E-state index in [2.05, 4.69) is 24.2 Å². The molecule has 0 saturated heterocycles. The van der Waals surface area contributed by atoms with Gasteiger partial charge in [0, 0.05) is 5.02 Å². The lowest BCUT2D eigenvalue weighted by Gasteiger charge is -2.20. The molecule has 1 atom stereocenters. The third-order valence-corrected chi connectivity index (χ3v) is 2.85. The van der Waals surface area contributed by atoms with Crippen LogP contribution in [-0.2, 0) is 0 Å². The number of benzene rings is 1. The fourth-order valence-electron chi connectivity index (χ4n) is 1.61. The molecule has 5 N–H and O–H groups in total. The van der Waals surface area contributed by atoms with Gasteiger partial charge in [-0.25, -0.2) is 0 Å². The van der Waals surface area contributed by atoms with E-state index in [9.17, 15) is 0 Å². The number of nitrogens with one attached hydrogen (secondary N) is 1. The molecule has 0 amide bonds. The Bertz CT molecular complexity index is 400. The summed E-state index contributed by atoms with van der Waals surface area (Å²) in [5, 5.41) is 4.16. The van der Waals surface area contributed by atoms with E-state index in [4.69, 9.17) is 23.1 Å². The monoisotopic (exact) mass is 268 g/mol. The number of nitrogens with two attached hydrogens (primary N) is 2. The Morgan fingerprint density at radius 1 is 1.33 bits per heavy atom. The van der Waals surface area contributed by atoms with Crippen LogP contribution in [-0.4, -0.2) is 19.0 Å². The SMILES string of the molecule is CC(C)CNC(CN=C(N)N)c1ccccc1Cl. The summed E-state index contributed by atoms with van der Waals surface area (Å²) in [5.74, 6) is 0.646. The smallest absolute Gasteiger partial charge is 0.185 e. The van der Waals surface area contributed by atoms with Crippen LogP contribution < -0.4 is 16.8 Å². The van der Waals surface area contributed by atoms with Gasteiger partial charge in [0.25, 0.3) is 0 Å². The summed E-state index contributed by atoms with van der Waals surface area (Å²) < 4.78 is 0. The Morgan fingerprint density at radius 3 is 2.56 bits per heavy atom. The highest BCUT2D eigenvalue weighted by Crippen LogP contribution is 2.23. The third kappa shape index (κ3) is 4.94. The Balaban J connectivity index is 2.82. The predicted molar refractivity (Wildman–Crippen MR) is 77.7 cm³/mol. The molecule has 4 nitrogen and oxygen atoms in total. The number of rotatable bonds is 6. The van der Waals surface area contributed by atoms with Crippen molar-refractivity contribution >= 4 is 17.6 Å². The van der Waals surface area contributed by atoms with E-state index in [0.29, 0.717) is 12.5 Å². The molecular formula is C13H21ClN4. The van der Waals surface area contributed by atoms with Crippen LogP contribution in [0.4, 0.5) is 0 Å². The number of halogens is 1. The van der Waals surface area contributed by atoms with E-state index in [1.54, 1.807) is 0 Å². The molecule has 0 aliphatic carbocycles. The summed E-state index contributed by atoms with van der Waals surface area (Å²) in [6, 6.07) is 7.76. The van der Waals surface area contributed by atoms with E-state index in [1.165, 1.54) is 0 Å². The number of hydrogen-bond donors (Lipinski definition) is 3. The van der Waals surface area contributed by atoms with Gasteiger partial charge in [0.15, 0.2) is 5.96 Å². The number of nitrogens with zero attached hydrogens (tertiary/aromatic N) is 1. The van der Waals surface area contributed by atoms with E-state index < -0.39 is 0 Å². The minimum Gasteiger partial charge on any atom is -0.370 e. The van der Waals surface area contributed by atoms with Crippen LogP contribution >= 0.6 is 11.6 Å². The number of guanidine groups is 1. The van der Waals surface area contributed by atoms with Crippen LogP contribution in [0.2, 0.25) is 5.02 Å². The maximum Gasteiger partial charge on any atom is 0.185 e. The average molecular weight is 269 g/mol. The molecule has 18 heavy (non-hydrogen) atoms. The summed E-state index contributed by atoms with van der Waals surface area (Å²) in [7, 11) is 0. The van der Waals surface area contributed by atoms with Crippen molar-refractivity contribution < 1.29 is 0 Å². The van der Waals surface area contributed by atoms with Crippen molar-refractivity contribution in [2.24, 2.45) is 22.4 Å². The molecule has 0 aliphatic rings. The second-order valence-corrected chi connectivity index (χ2v) is 5.05. The predicted octanol–water partition coefficient (Wildman–Crippen LogP) is 1.90. The van der Waals surface area contributed by atoms with Gasteiger partial charge in [-0.05, 0) is 24.1 Å². The summed E-state index contributed by atoms with van der Waals surface area (Å²) in [4.78, 5) is 4.07. The van der Waals surface area contributed by atoms with Gasteiger partial charge in [-0.1, -0.05) is 43.6 Å². The molecule has 1 aromatic carbocycles. The van der Waals surface area contributed by atoms with Crippen LogP contribution in [0, 0.1) is 5.92 Å². The Morgan fingerprint density at radius 2 is 2.00 bits per heavy atom. The zero-order chi connectivity index (χ0) is 13.5. The fourth-order valence-corrected chi connectivity index (χ4v) is 1.87. The lowest BCUT2D eigenvalue weighted by molar-refractivity contribution is 0.479. The van der Waals surface area contributed by atoms with Crippen LogP contribution in [0.5, 0.6) is 0 Å². The summed E-state index contributed by atoms with van der Waals surface area (Å²) in [5.41, 5.74) is 11.8. The van der Waals surface area contributed by atoms with Crippen molar-refractivity contribution in [3.63, 3.8) is 0 Å². The van der Waals surface area contributed by atoms with E-state index >= 15 is 0 Å². The van der Waals surface area contributed by atoms with Crippen molar-refractivity contribution in [2.45, 2.75) is 19.9 Å². The van der Waals surface area contributed by atoms with E-state index in [0.717, 1.165) is 17.1 Å². The van der Waals surface area contributed by atoms with Gasteiger partial charge in [-0.2, -0.15) is 0 Å². The first kappa shape index (κ1) is 14.8. The quantitative estimate of drug-likeness (QED) is 0.545. The van der Waals surface area contributed by atoms with E-state index in [1.807, 2.05) is 24.3 Å². The molecule has 100 valence electrons. The molecule has 0 heterocycles. The topological polar surface area (TPSA) is 76.4 Å². The summed E-state index contributed by atoms with van der Waals surface area (Å²) in [6.07, 6.45) is 0. The Hall–Kier alpha value is -1.26. The molecule has 0 aliphatic heterocycles. The molecule has 0 saturated carbocycles. The highest BCUT2D eigenvalue weighted by molar-refractivity contribution is 6.31. The molecule has 1 aromatic rings. The lowest BCUT2D eigenvalue weighted by Crippen LogP contribution is -2.30. The van der Waals surface area contributed by atoms with Crippen LogP contribution in [0.25, 0.3) is 0 Å². The third-order valence-electron chi connectivity index (χ3n) is 2.51. The van der Waals surface area contributed by atoms with Gasteiger partial charge >= 0.3 is 0 Å². The first-order valence-corrected chi connectivity index (χ1v) is 6.41. The molecular weight excluding hydrogens is 248 g/mol. The number of aliphatic imine (C=N–C) groups is 1. The minimum atomic E-state index is 0.0307. The standard InChI is InChI=1S/C13H21ClN4/c1-9(2)7-17-12(8-18-13(15)16)10-5-3-4-6-11(10)14/h3-6,9,12,17H,7-8H2,1-2H3,(H4,15,16,18). The van der Waals surface area contributed by atoms with E-state index in [-0.39, 0.29) is 12.0 Å². The van der Waals surface area contributed by atoms with Crippen molar-refractivity contribution in [3.8, 4) is 0 Å². The van der Waals surface area contributed by atoms with Crippen molar-refractivity contribution in [3.05, 3.63) is 34.9 Å². The maximum absolute atomic E-state index is 6.20. The highest BCUT2D eigenvalue weighted by atomic mass is 35.5. The van der Waals surface area contributed by atoms with Crippen LogP contribution in [0.3, 0.4) is 0 Å². The van der Waals surface area contributed by atoms with Gasteiger partial charge in [-0.15, -0.1) is 0 Å². The molecule has 1 rings (SSSR count). The van der Waals surface area contributed by atoms with Gasteiger partial charge < -0.3 is 16.8 Å². The molecule has 0 bridgehead atoms. The first-order chi connectivity index (χ1) is 8.50. The number of hydrogen-bond acceptors (Lipinski definition) is 2. The van der Waals surface area contributed by atoms with Gasteiger partial charge in [0.05, 0.1) is 12.6 Å². The zero-order valence-electron chi connectivity index (χ0n) is 10.9. The largest absolute Gasteiger partial charge is 0.370 e. The van der Waals surface area contributed by atoms with Crippen molar-refractivity contribution in [2.75, 3.05) is 13.1 Å². The van der Waals surface area contributed by atoms with Crippen LogP contribution in [0.1, 0.15) is 25.5 Å². The average Bonchev–Trinajstić information content (AvgIpc) is 2.30. The maximum atomic E-state index is 6.20. The second-order valence-electron chi connectivity index (χ2n) is 4.64. The molecule has 0 aromatic heterocycles. The minimum absolute atomic E-state index is 0.0307. The van der Waals surface area contributed by atoms with Crippen molar-refractivity contribution in [1.82, 2.24) is 5.32 Å². The lowest BCUT2D eigenvalue weighted by atomic mass is 10.1. The van der Waals surface area contributed by atoms with Crippen LogP contribution in [0.15, 0.2) is 29.3 Å². The Kier molecular flexibility index (Phi) is 5.95. The molecule has 0 radical (unpaired) electrons. The second kappa shape index (κ2) is 7.24. The molecule has 0 spiro atoms. The Labute approximate surface area is 113 Å². The summed E-state index contributed by atoms with van der Waals surface area (Å²) >= 11 is 6.20. The first-order valence-electron chi connectivity index (χ1n) is 6.04. The molecule has 5 heteroatoms. The zero-order valence-corrected chi connectivity index (χ0v) is 11.6. The molecule has 1 unspecified atom stereocenters. The van der Waals surface area contributed by atoms with Gasteiger partial charge in [-0.3, -0.25) is 4.99 Å². The van der Waals surface area contributed by atoms with Crippen molar-refractivity contribution in [1.29, 1.82) is 0 Å². The fraction of sp³-hybridized carbons (Fsp3) is 0.462. The highest BCUT2D eigenvalue weighted by Gasteiger charge is 2.13. The molecule has 0 fully saturated rings. The van der Waals surface area contributed by atoms with Gasteiger partial charge in [0.1, 0.15) is 0 Å². The normalized spacial score (nSPS) is 12.4.